The number of ether oxygens (including phenoxy) is 2. The molecule has 0 amide bonds. The van der Waals surface area contributed by atoms with Crippen LogP contribution in [-0.2, 0) is 12.8 Å². The van der Waals surface area contributed by atoms with E-state index in [1.807, 2.05) is 30.3 Å². The van der Waals surface area contributed by atoms with Crippen LogP contribution >= 0.6 is 0 Å². The highest BCUT2D eigenvalue weighted by molar-refractivity contribution is 6.04. The molecule has 4 aromatic carbocycles. The van der Waals surface area contributed by atoms with Crippen molar-refractivity contribution >= 4 is 5.78 Å². The lowest BCUT2D eigenvalue weighted by Crippen LogP contribution is -2.23. The van der Waals surface area contributed by atoms with Crippen LogP contribution in [0.2, 0.25) is 0 Å². The topological polar surface area (TPSA) is 96.2 Å². The van der Waals surface area contributed by atoms with Crippen LogP contribution in [0.3, 0.4) is 0 Å². The molecule has 6 heteroatoms. The van der Waals surface area contributed by atoms with Crippen LogP contribution in [-0.4, -0.2) is 28.2 Å². The van der Waals surface area contributed by atoms with E-state index in [-0.39, 0.29) is 59.4 Å². The highest BCUT2D eigenvalue weighted by atomic mass is 16.5. The predicted octanol–water partition coefficient (Wildman–Crippen LogP) is 5.70. The number of para-hydroxylation sites is 2. The zero-order valence-electron chi connectivity index (χ0n) is 19.8. The van der Waals surface area contributed by atoms with E-state index in [4.69, 9.17) is 9.47 Å². The average molecular weight is 483 g/mol. The van der Waals surface area contributed by atoms with E-state index in [1.165, 1.54) is 7.11 Å². The molecule has 182 valence electrons. The van der Waals surface area contributed by atoms with Crippen molar-refractivity contribution in [3.05, 3.63) is 112 Å². The molecule has 0 radical (unpaired) electrons. The molecule has 4 aromatic rings. The van der Waals surface area contributed by atoms with Gasteiger partial charge in [-0.2, -0.15) is 0 Å². The van der Waals surface area contributed by atoms with Crippen molar-refractivity contribution < 1.29 is 29.6 Å². The number of rotatable bonds is 6. The molecule has 6 nitrogen and oxygen atoms in total. The standard InChI is InChI=1S/C30H26O6/c1-35-29-21(15-19-11-5-7-13-23(19)31)28(34)22(16-20-12-6-8-14-24(20)32)30-27(29)25(33)17-26(36-30)18-9-3-2-4-10-18/h2-14,26,31-32,34H,15-17H2,1H3. The van der Waals surface area contributed by atoms with Gasteiger partial charge in [-0.05, 0) is 28.8 Å². The fourth-order valence-electron chi connectivity index (χ4n) is 4.75. The Morgan fingerprint density at radius 2 is 1.36 bits per heavy atom. The predicted molar refractivity (Wildman–Crippen MR) is 135 cm³/mol. The molecule has 0 saturated heterocycles. The lowest BCUT2D eigenvalue weighted by atomic mass is 9.87. The van der Waals surface area contributed by atoms with Crippen molar-refractivity contribution in [2.45, 2.75) is 25.4 Å². The molecule has 0 bridgehead atoms. The fraction of sp³-hybridized carbons (Fsp3) is 0.167. The molecule has 36 heavy (non-hydrogen) atoms. The molecule has 0 aromatic heterocycles. The molecule has 0 fully saturated rings. The molecule has 1 atom stereocenters. The summed E-state index contributed by atoms with van der Waals surface area (Å²) in [7, 11) is 1.45. The van der Waals surface area contributed by atoms with Crippen molar-refractivity contribution in [1.82, 2.24) is 0 Å². The number of ketones is 1. The van der Waals surface area contributed by atoms with Crippen LogP contribution in [0.15, 0.2) is 78.9 Å². The third-order valence-electron chi connectivity index (χ3n) is 6.58. The summed E-state index contributed by atoms with van der Waals surface area (Å²) in [6.45, 7) is 0. The summed E-state index contributed by atoms with van der Waals surface area (Å²) in [5, 5.41) is 32.4. The molecule has 1 heterocycles. The number of carbonyl (C=O) groups excluding carboxylic acids is 1. The van der Waals surface area contributed by atoms with E-state index < -0.39 is 6.10 Å². The Balaban J connectivity index is 1.71. The second-order valence-electron chi connectivity index (χ2n) is 8.80. The molecule has 0 spiro atoms. The fourth-order valence-corrected chi connectivity index (χ4v) is 4.75. The summed E-state index contributed by atoms with van der Waals surface area (Å²) in [6, 6.07) is 23.1. The Morgan fingerprint density at radius 1 is 0.806 bits per heavy atom. The number of benzene rings is 4. The van der Waals surface area contributed by atoms with Gasteiger partial charge in [0, 0.05) is 24.0 Å². The van der Waals surface area contributed by atoms with Gasteiger partial charge in [0.1, 0.15) is 40.4 Å². The summed E-state index contributed by atoms with van der Waals surface area (Å²) < 4.78 is 12.1. The molecule has 1 aliphatic heterocycles. The summed E-state index contributed by atoms with van der Waals surface area (Å²) in [5.41, 5.74) is 3.02. The number of fused-ring (bicyclic) bond motifs is 1. The Hall–Kier alpha value is -4.45. The first-order valence-electron chi connectivity index (χ1n) is 11.7. The highest BCUT2D eigenvalue weighted by Crippen LogP contribution is 2.50. The summed E-state index contributed by atoms with van der Waals surface area (Å²) in [4.78, 5) is 13.6. The Labute approximate surface area is 209 Å². The second-order valence-corrected chi connectivity index (χ2v) is 8.80. The summed E-state index contributed by atoms with van der Waals surface area (Å²) >= 11 is 0. The molecular formula is C30H26O6. The van der Waals surface area contributed by atoms with Crippen LogP contribution in [0.5, 0.6) is 28.7 Å². The normalized spacial score (nSPS) is 14.7. The number of phenolic OH excluding ortho intramolecular Hbond substituents is 3. The largest absolute Gasteiger partial charge is 0.508 e. The third-order valence-corrected chi connectivity index (χ3v) is 6.58. The first kappa shape index (κ1) is 23.3. The number of hydrogen-bond donors (Lipinski definition) is 3. The molecule has 3 N–H and O–H groups in total. The molecule has 1 unspecified atom stereocenters. The van der Waals surface area contributed by atoms with Crippen molar-refractivity contribution in [2.75, 3.05) is 7.11 Å². The minimum Gasteiger partial charge on any atom is -0.508 e. The summed E-state index contributed by atoms with van der Waals surface area (Å²) in [5.74, 6) is 0.357. The van der Waals surface area contributed by atoms with Gasteiger partial charge >= 0.3 is 0 Å². The van der Waals surface area contributed by atoms with E-state index in [9.17, 15) is 20.1 Å². The van der Waals surface area contributed by atoms with E-state index >= 15 is 0 Å². The Kier molecular flexibility index (Phi) is 6.25. The maximum absolute atomic E-state index is 13.6. The van der Waals surface area contributed by atoms with Crippen molar-refractivity contribution in [3.63, 3.8) is 0 Å². The minimum atomic E-state index is -0.526. The molecule has 5 rings (SSSR count). The van der Waals surface area contributed by atoms with E-state index in [0.29, 0.717) is 22.3 Å². The van der Waals surface area contributed by atoms with Crippen LogP contribution in [0, 0.1) is 0 Å². The van der Waals surface area contributed by atoms with Gasteiger partial charge in [0.05, 0.1) is 13.5 Å². The maximum Gasteiger partial charge on any atom is 0.174 e. The SMILES string of the molecule is COc1c(Cc2ccccc2O)c(O)c(Cc2ccccc2O)c2c1C(=O)CC(c1ccccc1)O2. The van der Waals surface area contributed by atoms with Gasteiger partial charge in [0.25, 0.3) is 0 Å². The van der Waals surface area contributed by atoms with Crippen molar-refractivity contribution in [3.8, 4) is 28.7 Å². The van der Waals surface area contributed by atoms with Gasteiger partial charge in [-0.3, -0.25) is 4.79 Å². The lowest BCUT2D eigenvalue weighted by molar-refractivity contribution is 0.0841. The number of phenols is 3. The van der Waals surface area contributed by atoms with Gasteiger partial charge in [-0.25, -0.2) is 0 Å². The second kappa shape index (κ2) is 9.66. The molecule has 1 aliphatic rings. The number of hydrogen-bond acceptors (Lipinski definition) is 6. The zero-order chi connectivity index (χ0) is 25.2. The van der Waals surface area contributed by atoms with Crippen LogP contribution in [0.1, 0.15) is 50.7 Å². The first-order chi connectivity index (χ1) is 17.5. The highest BCUT2D eigenvalue weighted by Gasteiger charge is 2.36. The lowest BCUT2D eigenvalue weighted by Gasteiger charge is -2.30. The van der Waals surface area contributed by atoms with Crippen LogP contribution < -0.4 is 9.47 Å². The maximum atomic E-state index is 13.6. The van der Waals surface area contributed by atoms with Crippen molar-refractivity contribution in [1.29, 1.82) is 0 Å². The Bertz CT molecular complexity index is 1430. The van der Waals surface area contributed by atoms with Gasteiger partial charge < -0.3 is 24.8 Å². The zero-order valence-corrected chi connectivity index (χ0v) is 19.8. The van der Waals surface area contributed by atoms with Gasteiger partial charge in [0.15, 0.2) is 5.78 Å². The van der Waals surface area contributed by atoms with Crippen LogP contribution in [0.4, 0.5) is 0 Å². The number of Topliss-reactive ketones (excluding diaryl/α,β-unsaturated/α-hetero) is 1. The summed E-state index contributed by atoms with van der Waals surface area (Å²) in [6.07, 6.45) is -0.141. The average Bonchev–Trinajstić information content (AvgIpc) is 2.89. The van der Waals surface area contributed by atoms with Gasteiger partial charge in [0.2, 0.25) is 0 Å². The van der Waals surface area contributed by atoms with Gasteiger partial charge in [-0.1, -0.05) is 66.7 Å². The molecule has 0 aliphatic carbocycles. The Morgan fingerprint density at radius 3 is 1.94 bits per heavy atom. The van der Waals surface area contributed by atoms with Crippen LogP contribution in [0.25, 0.3) is 0 Å². The van der Waals surface area contributed by atoms with Crippen molar-refractivity contribution in [2.24, 2.45) is 0 Å². The number of aromatic hydroxyl groups is 3. The molecule has 0 saturated carbocycles. The smallest absolute Gasteiger partial charge is 0.174 e. The quantitative estimate of drug-likeness (QED) is 0.326. The number of carbonyl (C=O) groups is 1. The van der Waals surface area contributed by atoms with E-state index in [2.05, 4.69) is 0 Å². The first-order valence-corrected chi connectivity index (χ1v) is 11.7. The van der Waals surface area contributed by atoms with Gasteiger partial charge in [-0.15, -0.1) is 0 Å². The third kappa shape index (κ3) is 4.22. The number of methoxy groups -OCH3 is 1. The molecular weight excluding hydrogens is 456 g/mol. The van der Waals surface area contributed by atoms with E-state index in [1.54, 1.807) is 48.5 Å². The minimum absolute atomic E-state index is 0.0745. The van der Waals surface area contributed by atoms with E-state index in [0.717, 1.165) is 5.56 Å². The monoisotopic (exact) mass is 482 g/mol.